The molecule has 0 N–H and O–H groups in total. The van der Waals surface area contributed by atoms with Crippen LogP contribution in [0.4, 0.5) is 0 Å². The van der Waals surface area contributed by atoms with Gasteiger partial charge in [-0.1, -0.05) is 32.1 Å². The van der Waals surface area contributed by atoms with Gasteiger partial charge in [-0.05, 0) is 41.9 Å². The third-order valence-electron chi connectivity index (χ3n) is 5.93. The Labute approximate surface area is 132 Å². The van der Waals surface area contributed by atoms with E-state index in [1.54, 1.807) is 7.11 Å². The van der Waals surface area contributed by atoms with E-state index in [-0.39, 0.29) is 23.2 Å². The summed E-state index contributed by atoms with van der Waals surface area (Å²) in [5.74, 6) is 1.33. The van der Waals surface area contributed by atoms with Crippen LogP contribution in [-0.2, 0) is 16.1 Å². The van der Waals surface area contributed by atoms with Gasteiger partial charge in [-0.25, -0.2) is 0 Å². The van der Waals surface area contributed by atoms with E-state index in [4.69, 9.17) is 9.47 Å². The molecule has 3 heteroatoms. The highest BCUT2D eigenvalue weighted by molar-refractivity contribution is 5.95. The van der Waals surface area contributed by atoms with Gasteiger partial charge in [0.2, 0.25) is 0 Å². The van der Waals surface area contributed by atoms with E-state index in [0.717, 1.165) is 24.2 Å². The van der Waals surface area contributed by atoms with Crippen LogP contribution in [-0.4, -0.2) is 19.0 Å². The zero-order valence-corrected chi connectivity index (χ0v) is 13.6. The van der Waals surface area contributed by atoms with Crippen LogP contribution < -0.4 is 4.74 Å². The number of rotatable bonds is 5. The number of methoxy groups -OCH3 is 1. The molecule has 0 aromatic heterocycles. The molecule has 0 amide bonds. The summed E-state index contributed by atoms with van der Waals surface area (Å²) in [6, 6.07) is 7.78. The molecule has 22 heavy (non-hydrogen) atoms. The van der Waals surface area contributed by atoms with Crippen molar-refractivity contribution in [1.29, 1.82) is 0 Å². The lowest BCUT2D eigenvalue weighted by Gasteiger charge is -2.32. The molecule has 2 bridgehead atoms. The van der Waals surface area contributed by atoms with Crippen LogP contribution in [0, 0.1) is 16.7 Å². The average molecular weight is 300 g/mol. The van der Waals surface area contributed by atoms with Crippen molar-refractivity contribution >= 4 is 5.78 Å². The summed E-state index contributed by atoms with van der Waals surface area (Å²) in [6.07, 6.45) is 3.52. The van der Waals surface area contributed by atoms with Crippen molar-refractivity contribution in [2.24, 2.45) is 16.7 Å². The number of ether oxygens (including phenoxy) is 2. The molecule has 0 heterocycles. The summed E-state index contributed by atoms with van der Waals surface area (Å²) in [5, 5.41) is 0. The van der Waals surface area contributed by atoms with E-state index in [1.807, 2.05) is 30.3 Å². The highest BCUT2D eigenvalue weighted by atomic mass is 16.5. The first-order valence-electron chi connectivity index (χ1n) is 7.89. The standard InChI is InChI=1S/C19H24O3/c1-5-19-11-10-15(18(19,2)3)16(17(19)20)22-12-13-6-8-14(21-4)9-7-13/h5-9,15-16H,1,10-12H2,2-4H3. The Kier molecular flexibility index (Phi) is 3.64. The number of hydrogen-bond acceptors (Lipinski definition) is 3. The maximum absolute atomic E-state index is 12.8. The van der Waals surface area contributed by atoms with Crippen molar-refractivity contribution in [1.82, 2.24) is 0 Å². The van der Waals surface area contributed by atoms with Crippen molar-refractivity contribution in [3.63, 3.8) is 0 Å². The Morgan fingerprint density at radius 1 is 1.32 bits per heavy atom. The number of benzene rings is 1. The average Bonchev–Trinajstić information content (AvgIpc) is 2.87. The van der Waals surface area contributed by atoms with Crippen molar-refractivity contribution in [3.05, 3.63) is 42.5 Å². The maximum atomic E-state index is 12.8. The first-order valence-corrected chi connectivity index (χ1v) is 7.89. The summed E-state index contributed by atoms with van der Waals surface area (Å²) >= 11 is 0. The third-order valence-corrected chi connectivity index (χ3v) is 5.93. The molecule has 3 atom stereocenters. The van der Waals surface area contributed by atoms with E-state index in [1.165, 1.54) is 0 Å². The predicted octanol–water partition coefficient (Wildman–Crippen LogP) is 3.77. The van der Waals surface area contributed by atoms with Gasteiger partial charge >= 0.3 is 0 Å². The first-order chi connectivity index (χ1) is 10.5. The summed E-state index contributed by atoms with van der Waals surface area (Å²) in [4.78, 5) is 12.8. The highest BCUT2D eigenvalue weighted by Crippen LogP contribution is 2.65. The number of carbonyl (C=O) groups is 1. The second-order valence-electron chi connectivity index (χ2n) is 6.99. The molecule has 118 valence electrons. The Morgan fingerprint density at radius 2 is 2.00 bits per heavy atom. The van der Waals surface area contributed by atoms with Gasteiger partial charge in [-0.2, -0.15) is 0 Å². The van der Waals surface area contributed by atoms with E-state index in [2.05, 4.69) is 20.4 Å². The highest BCUT2D eigenvalue weighted by Gasteiger charge is 2.67. The van der Waals surface area contributed by atoms with Crippen LogP contribution >= 0.6 is 0 Å². The van der Waals surface area contributed by atoms with Gasteiger partial charge in [0.05, 0.1) is 19.1 Å². The molecule has 1 aromatic carbocycles. The lowest BCUT2D eigenvalue weighted by Crippen LogP contribution is -2.36. The molecule has 2 fully saturated rings. The third kappa shape index (κ3) is 1.95. The van der Waals surface area contributed by atoms with Crippen molar-refractivity contribution < 1.29 is 14.3 Å². The predicted molar refractivity (Wildman–Crippen MR) is 85.7 cm³/mol. The zero-order valence-electron chi connectivity index (χ0n) is 13.6. The minimum Gasteiger partial charge on any atom is -0.497 e. The Balaban J connectivity index is 1.74. The number of hydrogen-bond donors (Lipinski definition) is 0. The molecule has 2 aliphatic carbocycles. The number of ketones is 1. The monoisotopic (exact) mass is 300 g/mol. The van der Waals surface area contributed by atoms with Crippen molar-refractivity contribution in [3.8, 4) is 5.75 Å². The molecule has 0 radical (unpaired) electrons. The lowest BCUT2D eigenvalue weighted by atomic mass is 9.69. The first kappa shape index (κ1) is 15.3. The summed E-state index contributed by atoms with van der Waals surface area (Å²) in [5.41, 5.74) is 0.598. The maximum Gasteiger partial charge on any atom is 0.172 e. The van der Waals surface area contributed by atoms with Gasteiger partial charge in [-0.3, -0.25) is 4.79 Å². The van der Waals surface area contributed by atoms with E-state index < -0.39 is 5.41 Å². The molecule has 0 saturated heterocycles. The molecule has 3 nitrogen and oxygen atoms in total. The van der Waals surface area contributed by atoms with Crippen LogP contribution in [0.3, 0.4) is 0 Å². The van der Waals surface area contributed by atoms with E-state index in [9.17, 15) is 4.79 Å². The molecule has 2 saturated carbocycles. The summed E-state index contributed by atoms with van der Waals surface area (Å²) < 4.78 is 11.2. The van der Waals surface area contributed by atoms with Gasteiger partial charge in [0.15, 0.2) is 5.78 Å². The molecule has 3 unspecified atom stereocenters. The molecule has 2 aliphatic rings. The van der Waals surface area contributed by atoms with Gasteiger partial charge in [0.1, 0.15) is 11.9 Å². The van der Waals surface area contributed by atoms with Gasteiger partial charge in [-0.15, -0.1) is 6.58 Å². The van der Waals surface area contributed by atoms with Gasteiger partial charge in [0.25, 0.3) is 0 Å². The van der Waals surface area contributed by atoms with Gasteiger partial charge < -0.3 is 9.47 Å². The molecular weight excluding hydrogens is 276 g/mol. The fourth-order valence-electron chi connectivity index (χ4n) is 4.37. The van der Waals surface area contributed by atoms with Crippen molar-refractivity contribution in [2.45, 2.75) is 39.4 Å². The quantitative estimate of drug-likeness (QED) is 0.776. The Bertz CT molecular complexity index is 587. The number of carbonyl (C=O) groups excluding carboxylic acids is 1. The minimum atomic E-state index is -0.401. The normalized spacial score (nSPS) is 32.2. The Hall–Kier alpha value is -1.61. The van der Waals surface area contributed by atoms with Gasteiger partial charge in [0, 0.05) is 0 Å². The number of allylic oxidation sites excluding steroid dienone is 1. The molecule has 0 spiro atoms. The molecule has 0 aliphatic heterocycles. The Morgan fingerprint density at radius 3 is 2.55 bits per heavy atom. The second kappa shape index (κ2) is 5.24. The van der Waals surface area contributed by atoms with Crippen LogP contribution in [0.25, 0.3) is 0 Å². The topological polar surface area (TPSA) is 35.5 Å². The molecule has 1 aromatic rings. The fraction of sp³-hybridized carbons (Fsp3) is 0.526. The largest absolute Gasteiger partial charge is 0.497 e. The summed E-state index contributed by atoms with van der Waals surface area (Å²) in [7, 11) is 1.65. The zero-order chi connectivity index (χ0) is 16.0. The number of fused-ring (bicyclic) bond motifs is 2. The number of Topliss-reactive ketones (excluding diaryl/α,β-unsaturated/α-hetero) is 1. The van der Waals surface area contributed by atoms with Crippen LogP contribution in [0.1, 0.15) is 32.3 Å². The van der Waals surface area contributed by atoms with E-state index in [0.29, 0.717) is 6.61 Å². The second-order valence-corrected chi connectivity index (χ2v) is 6.99. The smallest absolute Gasteiger partial charge is 0.172 e. The van der Waals surface area contributed by atoms with Crippen LogP contribution in [0.15, 0.2) is 36.9 Å². The van der Waals surface area contributed by atoms with Crippen LogP contribution in [0.2, 0.25) is 0 Å². The van der Waals surface area contributed by atoms with Crippen LogP contribution in [0.5, 0.6) is 5.75 Å². The van der Waals surface area contributed by atoms with E-state index >= 15 is 0 Å². The minimum absolute atomic E-state index is 0.0591. The lowest BCUT2D eigenvalue weighted by molar-refractivity contribution is -0.138. The SMILES string of the molecule is C=CC12CCC(C(OCc3ccc(OC)cc3)C1=O)C2(C)C. The fourth-order valence-corrected chi connectivity index (χ4v) is 4.37. The molecular formula is C19H24O3. The van der Waals surface area contributed by atoms with Crippen molar-refractivity contribution in [2.75, 3.05) is 7.11 Å². The summed E-state index contributed by atoms with van der Waals surface area (Å²) in [6.45, 7) is 8.76. The molecule has 3 rings (SSSR count).